The summed E-state index contributed by atoms with van der Waals surface area (Å²) in [6.07, 6.45) is 6.23. The zero-order valence-electron chi connectivity index (χ0n) is 10.6. The van der Waals surface area contributed by atoms with E-state index in [9.17, 15) is 4.79 Å². The molecule has 1 aromatic rings. The van der Waals surface area contributed by atoms with Gasteiger partial charge in [0, 0.05) is 10.4 Å². The summed E-state index contributed by atoms with van der Waals surface area (Å²) in [6, 6.07) is 7.88. The summed E-state index contributed by atoms with van der Waals surface area (Å²) in [4.78, 5) is 12.4. The van der Waals surface area contributed by atoms with Crippen LogP contribution in [0.2, 0.25) is 5.02 Å². The smallest absolute Gasteiger partial charge is 0.162 e. The predicted molar refractivity (Wildman–Crippen MR) is 74.5 cm³/mol. The fourth-order valence-corrected chi connectivity index (χ4v) is 3.86. The SMILES string of the molecule is CCC12CCCC1C(c1ccc(Cl)cc1)=CC2=O. The van der Waals surface area contributed by atoms with Crippen LogP contribution in [0.5, 0.6) is 0 Å². The molecular weight excluding hydrogens is 244 g/mol. The molecule has 2 aliphatic rings. The van der Waals surface area contributed by atoms with Crippen LogP contribution in [0, 0.1) is 11.3 Å². The topological polar surface area (TPSA) is 17.1 Å². The molecule has 2 heteroatoms. The molecule has 2 atom stereocenters. The molecule has 0 spiro atoms. The van der Waals surface area contributed by atoms with E-state index in [0.717, 1.165) is 29.8 Å². The number of rotatable bonds is 2. The van der Waals surface area contributed by atoms with E-state index in [1.165, 1.54) is 12.0 Å². The Morgan fingerprint density at radius 3 is 2.72 bits per heavy atom. The average molecular weight is 261 g/mol. The molecule has 0 radical (unpaired) electrons. The van der Waals surface area contributed by atoms with Crippen molar-refractivity contribution in [2.24, 2.45) is 11.3 Å². The van der Waals surface area contributed by atoms with Crippen LogP contribution in [0.4, 0.5) is 0 Å². The number of hydrogen-bond donors (Lipinski definition) is 0. The van der Waals surface area contributed by atoms with Gasteiger partial charge in [-0.15, -0.1) is 0 Å². The first kappa shape index (κ1) is 12.0. The fraction of sp³-hybridized carbons (Fsp3) is 0.438. The van der Waals surface area contributed by atoms with E-state index < -0.39 is 0 Å². The van der Waals surface area contributed by atoms with E-state index >= 15 is 0 Å². The minimum Gasteiger partial charge on any atom is -0.294 e. The number of fused-ring (bicyclic) bond motifs is 1. The second-order valence-electron chi connectivity index (χ2n) is 5.43. The maximum atomic E-state index is 12.4. The summed E-state index contributed by atoms with van der Waals surface area (Å²) >= 11 is 5.93. The van der Waals surface area contributed by atoms with Crippen LogP contribution in [0.3, 0.4) is 0 Å². The summed E-state index contributed by atoms with van der Waals surface area (Å²) in [5.41, 5.74) is 2.31. The van der Waals surface area contributed by atoms with Gasteiger partial charge >= 0.3 is 0 Å². The summed E-state index contributed by atoms with van der Waals surface area (Å²) in [6.45, 7) is 2.15. The number of allylic oxidation sites excluding steroid dienone is 2. The molecule has 0 bridgehead atoms. The highest BCUT2D eigenvalue weighted by atomic mass is 35.5. The van der Waals surface area contributed by atoms with Crippen LogP contribution >= 0.6 is 11.6 Å². The van der Waals surface area contributed by atoms with Crippen LogP contribution in [0.15, 0.2) is 30.3 Å². The lowest BCUT2D eigenvalue weighted by molar-refractivity contribution is -0.123. The van der Waals surface area contributed by atoms with Crippen LogP contribution in [0.25, 0.3) is 5.57 Å². The number of carbonyl (C=O) groups excluding carboxylic acids is 1. The molecule has 1 fully saturated rings. The quantitative estimate of drug-likeness (QED) is 0.765. The van der Waals surface area contributed by atoms with Crippen molar-refractivity contribution in [2.45, 2.75) is 32.6 Å². The molecule has 1 nitrogen and oxygen atoms in total. The Morgan fingerprint density at radius 2 is 2.06 bits per heavy atom. The number of hydrogen-bond acceptors (Lipinski definition) is 1. The van der Waals surface area contributed by atoms with E-state index in [4.69, 9.17) is 11.6 Å². The zero-order chi connectivity index (χ0) is 12.8. The average Bonchev–Trinajstić information content (AvgIpc) is 2.91. The van der Waals surface area contributed by atoms with E-state index in [2.05, 4.69) is 6.92 Å². The molecule has 0 saturated heterocycles. The maximum Gasteiger partial charge on any atom is 0.162 e. The number of benzene rings is 1. The van der Waals surface area contributed by atoms with Crippen molar-refractivity contribution in [3.05, 3.63) is 40.9 Å². The molecule has 3 rings (SSSR count). The van der Waals surface area contributed by atoms with Crippen molar-refractivity contribution in [3.63, 3.8) is 0 Å². The lowest BCUT2D eigenvalue weighted by atomic mass is 9.74. The minimum atomic E-state index is -0.0883. The third kappa shape index (κ3) is 1.57. The van der Waals surface area contributed by atoms with Gasteiger partial charge in [0.05, 0.1) is 0 Å². The van der Waals surface area contributed by atoms with Crippen molar-refractivity contribution >= 4 is 23.0 Å². The summed E-state index contributed by atoms with van der Waals surface area (Å²) in [5, 5.41) is 0.747. The molecule has 18 heavy (non-hydrogen) atoms. The molecule has 2 unspecified atom stereocenters. The second-order valence-corrected chi connectivity index (χ2v) is 5.86. The van der Waals surface area contributed by atoms with Crippen molar-refractivity contribution in [1.82, 2.24) is 0 Å². The molecule has 2 aliphatic carbocycles. The van der Waals surface area contributed by atoms with Gasteiger partial charge in [0.2, 0.25) is 0 Å². The van der Waals surface area contributed by atoms with Gasteiger partial charge in [-0.25, -0.2) is 0 Å². The molecule has 0 aliphatic heterocycles. The van der Waals surface area contributed by atoms with Gasteiger partial charge < -0.3 is 0 Å². The highest BCUT2D eigenvalue weighted by Gasteiger charge is 2.51. The molecule has 0 N–H and O–H groups in total. The van der Waals surface area contributed by atoms with Crippen molar-refractivity contribution in [2.75, 3.05) is 0 Å². The first-order valence-corrected chi connectivity index (χ1v) is 7.07. The van der Waals surface area contributed by atoms with Gasteiger partial charge in [0.15, 0.2) is 5.78 Å². The van der Waals surface area contributed by atoms with Gasteiger partial charge in [-0.3, -0.25) is 4.79 Å². The van der Waals surface area contributed by atoms with E-state index in [-0.39, 0.29) is 5.41 Å². The zero-order valence-corrected chi connectivity index (χ0v) is 11.3. The molecular formula is C16H17ClO. The normalized spacial score (nSPS) is 30.4. The molecule has 1 saturated carbocycles. The highest BCUT2D eigenvalue weighted by Crippen LogP contribution is 2.56. The summed E-state index contributed by atoms with van der Waals surface area (Å²) in [7, 11) is 0. The van der Waals surface area contributed by atoms with Crippen LogP contribution in [-0.4, -0.2) is 5.78 Å². The van der Waals surface area contributed by atoms with Gasteiger partial charge in [0.1, 0.15) is 0 Å². The summed E-state index contributed by atoms with van der Waals surface area (Å²) < 4.78 is 0. The Morgan fingerprint density at radius 1 is 1.33 bits per heavy atom. The van der Waals surface area contributed by atoms with Crippen LogP contribution in [-0.2, 0) is 4.79 Å². The molecule has 0 aromatic heterocycles. The maximum absolute atomic E-state index is 12.4. The van der Waals surface area contributed by atoms with E-state index in [1.807, 2.05) is 30.3 Å². The van der Waals surface area contributed by atoms with Crippen LogP contribution in [0.1, 0.15) is 38.2 Å². The third-order valence-corrected chi connectivity index (χ3v) is 5.00. The number of ketones is 1. The van der Waals surface area contributed by atoms with Crippen molar-refractivity contribution in [3.8, 4) is 0 Å². The van der Waals surface area contributed by atoms with Crippen molar-refractivity contribution in [1.29, 1.82) is 0 Å². The monoisotopic (exact) mass is 260 g/mol. The van der Waals surface area contributed by atoms with Crippen LogP contribution < -0.4 is 0 Å². The number of carbonyl (C=O) groups is 1. The van der Waals surface area contributed by atoms with E-state index in [1.54, 1.807) is 0 Å². The van der Waals surface area contributed by atoms with Gasteiger partial charge in [-0.2, -0.15) is 0 Å². The highest BCUT2D eigenvalue weighted by molar-refractivity contribution is 6.30. The Kier molecular flexibility index (Phi) is 2.82. The van der Waals surface area contributed by atoms with Gasteiger partial charge in [-0.05, 0) is 54.5 Å². The number of halogens is 1. The second kappa shape index (κ2) is 4.24. The predicted octanol–water partition coefficient (Wildman–Crippen LogP) is 4.50. The third-order valence-electron chi connectivity index (χ3n) is 4.74. The van der Waals surface area contributed by atoms with Gasteiger partial charge in [0.25, 0.3) is 0 Å². The Hall–Kier alpha value is -1.08. The lowest BCUT2D eigenvalue weighted by Gasteiger charge is -2.27. The fourth-order valence-electron chi connectivity index (χ4n) is 3.73. The van der Waals surface area contributed by atoms with E-state index in [0.29, 0.717) is 11.7 Å². The largest absolute Gasteiger partial charge is 0.294 e. The molecule has 94 valence electrons. The molecule has 1 aromatic carbocycles. The minimum absolute atomic E-state index is 0.0883. The van der Waals surface area contributed by atoms with Crippen molar-refractivity contribution < 1.29 is 4.79 Å². The molecule has 0 amide bonds. The van der Waals surface area contributed by atoms with Gasteiger partial charge in [-0.1, -0.05) is 37.1 Å². The Balaban J connectivity index is 2.02. The summed E-state index contributed by atoms with van der Waals surface area (Å²) in [5.74, 6) is 0.772. The first-order valence-electron chi connectivity index (χ1n) is 6.69. The Labute approximate surface area is 113 Å². The Bertz CT molecular complexity index is 514. The molecule has 0 heterocycles. The lowest BCUT2D eigenvalue weighted by Crippen LogP contribution is -2.28. The first-order chi connectivity index (χ1) is 8.67. The standard InChI is InChI=1S/C16H17ClO/c1-2-16-9-3-4-14(16)13(10-15(16)18)11-5-7-12(17)8-6-11/h5-8,10,14H,2-4,9H2,1H3.